The van der Waals surface area contributed by atoms with E-state index in [2.05, 4.69) is 25.4 Å². The summed E-state index contributed by atoms with van der Waals surface area (Å²) >= 11 is 0. The molecule has 1 amide bonds. The molecule has 12 nitrogen and oxygen atoms in total. The largest absolute Gasteiger partial charge is 0.494 e. The maximum Gasteiger partial charge on any atom is 0.252 e. The van der Waals surface area contributed by atoms with Crippen LogP contribution in [0.25, 0.3) is 20.9 Å². The minimum absolute atomic E-state index is 0.0344. The summed E-state index contributed by atoms with van der Waals surface area (Å²) in [5.74, 6) is 0.471. The van der Waals surface area contributed by atoms with E-state index in [1.54, 1.807) is 72.8 Å². The van der Waals surface area contributed by atoms with Crippen molar-refractivity contribution in [1.29, 1.82) is 0 Å². The van der Waals surface area contributed by atoms with Gasteiger partial charge in [-0.25, -0.2) is 4.99 Å². The molecule has 0 saturated heterocycles. The topological polar surface area (TPSA) is 178 Å². The number of hydrogen-bond donors (Lipinski definition) is 2. The fraction of sp³-hybridized carbons (Fsp3) is 0.333. The predicted octanol–water partition coefficient (Wildman–Crippen LogP) is 6.75. The van der Waals surface area contributed by atoms with Crippen molar-refractivity contribution >= 4 is 23.2 Å². The third-order valence-corrected chi connectivity index (χ3v) is 6.82. The van der Waals surface area contributed by atoms with E-state index in [4.69, 9.17) is 19.6 Å². The molecule has 4 rings (SSSR count). The van der Waals surface area contributed by atoms with Gasteiger partial charge in [-0.15, -0.1) is 0 Å². The quantitative estimate of drug-likeness (QED) is 0.0946. The monoisotopic (exact) mass is 568 g/mol. The molecule has 2 N–H and O–H groups in total. The molecule has 3 aromatic rings. The number of ether oxygens (including phenoxy) is 2. The fourth-order valence-corrected chi connectivity index (χ4v) is 4.74. The van der Waals surface area contributed by atoms with Crippen LogP contribution in [0.4, 0.5) is 11.4 Å². The fourth-order valence-electron chi connectivity index (χ4n) is 4.74. The minimum atomic E-state index is -1.54. The first-order chi connectivity index (χ1) is 20.6. The van der Waals surface area contributed by atoms with Crippen molar-refractivity contribution in [3.8, 4) is 5.75 Å². The van der Waals surface area contributed by atoms with Gasteiger partial charge in [-0.3, -0.25) is 4.79 Å². The SMILES string of the molecule is CCCCNC(=O)[C@]1(Cc2ccccc2N=[N+]=[N-])N=C(c2ccc(OCCCO)cc2)O[C@@H]1c1ccccc1N=[N+]=[N-]. The van der Waals surface area contributed by atoms with Gasteiger partial charge in [-0.1, -0.05) is 72.1 Å². The summed E-state index contributed by atoms with van der Waals surface area (Å²) in [7, 11) is 0. The molecule has 1 aliphatic rings. The van der Waals surface area contributed by atoms with E-state index in [1.807, 2.05) is 6.92 Å². The van der Waals surface area contributed by atoms with Gasteiger partial charge in [0.15, 0.2) is 11.6 Å². The zero-order valence-corrected chi connectivity index (χ0v) is 23.3. The van der Waals surface area contributed by atoms with Gasteiger partial charge in [0.05, 0.1) is 6.61 Å². The van der Waals surface area contributed by atoms with Crippen molar-refractivity contribution in [2.24, 2.45) is 15.2 Å². The normalized spacial score (nSPS) is 17.3. The van der Waals surface area contributed by atoms with E-state index in [9.17, 15) is 15.9 Å². The highest BCUT2D eigenvalue weighted by Gasteiger charge is 2.54. The highest BCUT2D eigenvalue weighted by atomic mass is 16.5. The Balaban J connectivity index is 1.87. The van der Waals surface area contributed by atoms with Crippen LogP contribution >= 0.6 is 0 Å². The third kappa shape index (κ3) is 6.82. The van der Waals surface area contributed by atoms with Crippen LogP contribution < -0.4 is 10.1 Å². The van der Waals surface area contributed by atoms with Gasteiger partial charge in [0.1, 0.15) is 5.75 Å². The molecule has 216 valence electrons. The standard InChI is InChI=1S/C30H32N8O4/c1-2-3-17-33-29(40)30(20-22-9-4-6-11-25(22)35-37-31)27(24-10-5-7-12-26(24)36-38-32)42-28(34-30)21-13-15-23(16-14-21)41-19-8-18-39/h4-7,9-16,27,39H,2-3,8,17-20H2,1H3,(H,33,40)/t27-,30-/m1/s1. The highest BCUT2D eigenvalue weighted by molar-refractivity contribution is 6.01. The number of benzene rings is 3. The number of hydrogen-bond acceptors (Lipinski definition) is 7. The Labute approximate surface area is 243 Å². The lowest BCUT2D eigenvalue weighted by atomic mass is 9.81. The van der Waals surface area contributed by atoms with Crippen LogP contribution in [0.1, 0.15) is 49.0 Å². The van der Waals surface area contributed by atoms with Crippen molar-refractivity contribution in [1.82, 2.24) is 5.32 Å². The lowest BCUT2D eigenvalue weighted by molar-refractivity contribution is -0.128. The second-order valence-corrected chi connectivity index (χ2v) is 9.64. The molecule has 1 aliphatic heterocycles. The molecule has 2 atom stereocenters. The van der Waals surface area contributed by atoms with Crippen molar-refractivity contribution in [2.45, 2.75) is 44.2 Å². The third-order valence-electron chi connectivity index (χ3n) is 6.82. The van der Waals surface area contributed by atoms with Crippen molar-refractivity contribution in [3.05, 3.63) is 110 Å². The maximum atomic E-state index is 14.2. The zero-order chi connectivity index (χ0) is 29.8. The molecular formula is C30H32N8O4. The second kappa shape index (κ2) is 14.6. The molecular weight excluding hydrogens is 536 g/mol. The van der Waals surface area contributed by atoms with Crippen LogP contribution in [0.5, 0.6) is 5.75 Å². The number of amides is 1. The van der Waals surface area contributed by atoms with Gasteiger partial charge in [0.25, 0.3) is 5.91 Å². The Morgan fingerprint density at radius 3 is 2.43 bits per heavy atom. The minimum Gasteiger partial charge on any atom is -0.494 e. The van der Waals surface area contributed by atoms with Crippen LogP contribution in [0.15, 0.2) is 88.0 Å². The maximum absolute atomic E-state index is 14.2. The average molecular weight is 569 g/mol. The molecule has 0 aliphatic carbocycles. The summed E-state index contributed by atoms with van der Waals surface area (Å²) < 4.78 is 12.2. The first-order valence-corrected chi connectivity index (χ1v) is 13.7. The molecule has 0 bridgehead atoms. The van der Waals surface area contributed by atoms with Crippen molar-refractivity contribution in [3.63, 3.8) is 0 Å². The molecule has 12 heteroatoms. The van der Waals surface area contributed by atoms with Crippen LogP contribution in [-0.4, -0.2) is 42.2 Å². The Kier molecular flexibility index (Phi) is 10.4. The van der Waals surface area contributed by atoms with E-state index >= 15 is 0 Å². The van der Waals surface area contributed by atoms with Gasteiger partial charge in [0, 0.05) is 58.3 Å². The summed E-state index contributed by atoms with van der Waals surface area (Å²) in [4.78, 5) is 25.1. The van der Waals surface area contributed by atoms with Crippen molar-refractivity contribution in [2.75, 3.05) is 19.8 Å². The molecule has 0 radical (unpaired) electrons. The number of azide groups is 2. The molecule has 3 aromatic carbocycles. The number of nitrogens with one attached hydrogen (secondary N) is 1. The molecule has 1 heterocycles. The molecule has 0 unspecified atom stereocenters. The molecule has 0 spiro atoms. The summed E-state index contributed by atoms with van der Waals surface area (Å²) in [6, 6.07) is 21.0. The van der Waals surface area contributed by atoms with E-state index < -0.39 is 11.6 Å². The number of carbonyl (C=O) groups excluding carboxylic acids is 1. The Bertz CT molecular complexity index is 1510. The van der Waals surface area contributed by atoms with Gasteiger partial charge in [-0.2, -0.15) is 0 Å². The lowest BCUT2D eigenvalue weighted by Crippen LogP contribution is -2.50. The first kappa shape index (κ1) is 30.0. The van der Waals surface area contributed by atoms with Gasteiger partial charge in [-0.05, 0) is 47.3 Å². The number of unbranched alkanes of at least 4 members (excludes halogenated alkanes) is 1. The number of aliphatic hydroxyl groups excluding tert-OH is 1. The Morgan fingerprint density at radius 1 is 1.02 bits per heavy atom. The number of nitrogens with zero attached hydrogens (tertiary/aromatic N) is 7. The van der Waals surface area contributed by atoms with E-state index in [-0.39, 0.29) is 24.8 Å². The summed E-state index contributed by atoms with van der Waals surface area (Å²) in [6.45, 7) is 2.87. The van der Waals surface area contributed by atoms with E-state index in [0.29, 0.717) is 53.4 Å². The number of aliphatic imine (C=N–C) groups is 1. The summed E-state index contributed by atoms with van der Waals surface area (Å²) in [6.07, 6.45) is 1.23. The van der Waals surface area contributed by atoms with Crippen LogP contribution in [-0.2, 0) is 16.0 Å². The number of carbonyl (C=O) groups is 1. The lowest BCUT2D eigenvalue weighted by Gasteiger charge is -2.31. The number of aliphatic hydroxyl groups is 1. The molecule has 42 heavy (non-hydrogen) atoms. The van der Waals surface area contributed by atoms with Gasteiger partial charge < -0.3 is 19.9 Å². The summed E-state index contributed by atoms with van der Waals surface area (Å²) in [5.41, 5.74) is 19.3. The van der Waals surface area contributed by atoms with Crippen LogP contribution in [0, 0.1) is 0 Å². The van der Waals surface area contributed by atoms with E-state index in [1.165, 1.54) is 0 Å². The van der Waals surface area contributed by atoms with Gasteiger partial charge in [0.2, 0.25) is 5.90 Å². The first-order valence-electron chi connectivity index (χ1n) is 13.7. The second-order valence-electron chi connectivity index (χ2n) is 9.64. The number of rotatable bonds is 14. The zero-order valence-electron chi connectivity index (χ0n) is 23.3. The highest BCUT2D eigenvalue weighted by Crippen LogP contribution is 2.46. The van der Waals surface area contributed by atoms with Crippen molar-refractivity contribution < 1.29 is 19.4 Å². The molecule has 0 fully saturated rings. The Hall–Kier alpha value is -5.02. The Morgan fingerprint density at radius 2 is 1.71 bits per heavy atom. The predicted molar refractivity (Wildman–Crippen MR) is 159 cm³/mol. The average Bonchev–Trinajstić information content (AvgIpc) is 3.39. The molecule has 0 saturated carbocycles. The summed E-state index contributed by atoms with van der Waals surface area (Å²) in [5, 5.41) is 19.8. The van der Waals surface area contributed by atoms with Crippen LogP contribution in [0.2, 0.25) is 0 Å². The van der Waals surface area contributed by atoms with Crippen LogP contribution in [0.3, 0.4) is 0 Å². The molecule has 0 aromatic heterocycles. The smallest absolute Gasteiger partial charge is 0.252 e. The van der Waals surface area contributed by atoms with Gasteiger partial charge >= 0.3 is 0 Å². The van der Waals surface area contributed by atoms with E-state index in [0.717, 1.165) is 12.8 Å².